The van der Waals surface area contributed by atoms with Gasteiger partial charge in [-0.15, -0.1) is 0 Å². The van der Waals surface area contributed by atoms with Crippen molar-refractivity contribution in [1.29, 1.82) is 0 Å². The summed E-state index contributed by atoms with van der Waals surface area (Å²) in [4.78, 5) is 23.9. The van der Waals surface area contributed by atoms with Crippen LogP contribution >= 0.6 is 0 Å². The summed E-state index contributed by atoms with van der Waals surface area (Å²) in [5, 5.41) is 11.1. The van der Waals surface area contributed by atoms with E-state index in [1.807, 2.05) is 0 Å². The summed E-state index contributed by atoms with van der Waals surface area (Å²) >= 11 is 0. The van der Waals surface area contributed by atoms with E-state index in [2.05, 4.69) is 5.32 Å². The van der Waals surface area contributed by atoms with E-state index in [9.17, 15) is 22.2 Å². The van der Waals surface area contributed by atoms with E-state index in [1.54, 1.807) is 6.92 Å². The Morgan fingerprint density at radius 2 is 2.10 bits per heavy atom. The summed E-state index contributed by atoms with van der Waals surface area (Å²) in [7, 11) is -4.33. The second-order valence-electron chi connectivity index (χ2n) is 5.07. The van der Waals surface area contributed by atoms with Crippen LogP contribution in [0, 0.1) is 0 Å². The number of carboxylic acid groups (broad SMARTS) is 1. The lowest BCUT2D eigenvalue weighted by Gasteiger charge is -2.27. The quantitative estimate of drug-likeness (QED) is 0.642. The fourth-order valence-corrected chi connectivity index (χ4v) is 4.03. The molecule has 2 amide bonds. The van der Waals surface area contributed by atoms with E-state index in [1.165, 1.54) is 6.26 Å². The summed E-state index contributed by atoms with van der Waals surface area (Å²) < 4.78 is 34.1. The first-order valence-electron chi connectivity index (χ1n) is 6.41. The molecule has 1 rings (SSSR count). The van der Waals surface area contributed by atoms with Crippen molar-refractivity contribution in [1.82, 2.24) is 10.2 Å². The topological polar surface area (TPSA) is 121 Å². The second kappa shape index (κ2) is 7.21. The van der Waals surface area contributed by atoms with E-state index in [4.69, 9.17) is 5.11 Å². The van der Waals surface area contributed by atoms with Gasteiger partial charge in [0.05, 0.1) is 11.5 Å². The number of rotatable bonds is 6. The number of carbonyl (C=O) groups excluding carboxylic acids is 1. The van der Waals surface area contributed by atoms with Crippen LogP contribution in [0.15, 0.2) is 0 Å². The summed E-state index contributed by atoms with van der Waals surface area (Å²) in [5.74, 6) is -1.47. The molecule has 0 bridgehead atoms. The SMILES string of the molecule is CC(CNC(=O)N(CC(=O)O)C1CCS(=O)(=O)C1)S(C)=O. The van der Waals surface area contributed by atoms with Gasteiger partial charge in [0, 0.05) is 34.9 Å². The van der Waals surface area contributed by atoms with Crippen LogP contribution in [0.2, 0.25) is 0 Å². The van der Waals surface area contributed by atoms with Crippen molar-refractivity contribution in [2.75, 3.05) is 30.9 Å². The molecule has 1 heterocycles. The molecule has 0 aliphatic carbocycles. The van der Waals surface area contributed by atoms with Crippen LogP contribution in [-0.2, 0) is 25.4 Å². The van der Waals surface area contributed by atoms with Crippen LogP contribution in [0.25, 0.3) is 0 Å². The number of carbonyl (C=O) groups is 2. The van der Waals surface area contributed by atoms with Gasteiger partial charge in [-0.1, -0.05) is 0 Å². The fraction of sp³-hybridized carbons (Fsp3) is 0.818. The predicted molar refractivity (Wildman–Crippen MR) is 78.3 cm³/mol. The van der Waals surface area contributed by atoms with Gasteiger partial charge in [0.2, 0.25) is 0 Å². The van der Waals surface area contributed by atoms with Crippen molar-refractivity contribution in [3.8, 4) is 0 Å². The molecule has 3 unspecified atom stereocenters. The zero-order valence-corrected chi connectivity index (χ0v) is 13.6. The maximum atomic E-state index is 12.1. The Bertz CT molecular complexity index is 533. The average Bonchev–Trinajstić information content (AvgIpc) is 2.72. The molecule has 3 atom stereocenters. The monoisotopic (exact) mass is 340 g/mol. The maximum Gasteiger partial charge on any atom is 0.323 e. The highest BCUT2D eigenvalue weighted by molar-refractivity contribution is 7.91. The number of nitrogens with zero attached hydrogens (tertiary/aromatic N) is 1. The van der Waals surface area contributed by atoms with E-state index >= 15 is 0 Å². The van der Waals surface area contributed by atoms with Crippen LogP contribution in [0.5, 0.6) is 0 Å². The van der Waals surface area contributed by atoms with Crippen molar-refractivity contribution in [2.45, 2.75) is 24.6 Å². The summed E-state index contributed by atoms with van der Waals surface area (Å²) in [5.41, 5.74) is 0. The third-order valence-electron chi connectivity index (χ3n) is 3.32. The molecule has 0 spiro atoms. The van der Waals surface area contributed by atoms with Crippen LogP contribution in [0.4, 0.5) is 4.79 Å². The molecule has 10 heteroatoms. The molecule has 8 nitrogen and oxygen atoms in total. The van der Waals surface area contributed by atoms with Gasteiger partial charge >= 0.3 is 12.0 Å². The zero-order valence-electron chi connectivity index (χ0n) is 11.9. The third kappa shape index (κ3) is 5.62. The number of urea groups is 1. The van der Waals surface area contributed by atoms with E-state index < -0.39 is 45.2 Å². The minimum Gasteiger partial charge on any atom is -0.480 e. The predicted octanol–water partition coefficient (Wildman–Crippen LogP) is -0.963. The Labute approximate surface area is 126 Å². The van der Waals surface area contributed by atoms with Crippen molar-refractivity contribution in [3.63, 3.8) is 0 Å². The Balaban J connectivity index is 2.71. The van der Waals surface area contributed by atoms with Gasteiger partial charge in [-0.05, 0) is 13.3 Å². The number of sulfone groups is 1. The number of nitrogens with one attached hydrogen (secondary N) is 1. The molecular weight excluding hydrogens is 320 g/mol. The molecule has 1 aliphatic rings. The smallest absolute Gasteiger partial charge is 0.323 e. The number of hydrogen-bond acceptors (Lipinski definition) is 5. The molecule has 0 aromatic carbocycles. The molecule has 0 aromatic rings. The zero-order chi connectivity index (χ0) is 16.2. The van der Waals surface area contributed by atoms with Gasteiger partial charge in [-0.25, -0.2) is 13.2 Å². The lowest BCUT2D eigenvalue weighted by Crippen LogP contribution is -2.50. The van der Waals surface area contributed by atoms with Gasteiger partial charge in [0.1, 0.15) is 6.54 Å². The molecule has 0 saturated carbocycles. The van der Waals surface area contributed by atoms with E-state index in [0.29, 0.717) is 0 Å². The highest BCUT2D eigenvalue weighted by Gasteiger charge is 2.35. The number of hydrogen-bond donors (Lipinski definition) is 2. The summed E-state index contributed by atoms with van der Waals surface area (Å²) in [6, 6.07) is -1.27. The maximum absolute atomic E-state index is 12.1. The Morgan fingerprint density at radius 1 is 1.48 bits per heavy atom. The van der Waals surface area contributed by atoms with Crippen molar-refractivity contribution in [3.05, 3.63) is 0 Å². The molecule has 1 saturated heterocycles. The standard InChI is InChI=1S/C11H20N2O6S2/c1-8(20(2)17)5-12-11(16)13(6-10(14)15)9-3-4-21(18,19)7-9/h8-9H,3-7H2,1-2H3,(H,12,16)(H,14,15). The van der Waals surface area contributed by atoms with Crippen LogP contribution in [0.3, 0.4) is 0 Å². The van der Waals surface area contributed by atoms with Crippen LogP contribution in [-0.4, -0.2) is 76.8 Å². The first-order chi connectivity index (χ1) is 9.62. The van der Waals surface area contributed by atoms with E-state index in [-0.39, 0.29) is 29.7 Å². The van der Waals surface area contributed by atoms with Gasteiger partial charge in [0.15, 0.2) is 9.84 Å². The number of carboxylic acids is 1. The largest absolute Gasteiger partial charge is 0.480 e. The van der Waals surface area contributed by atoms with E-state index in [0.717, 1.165) is 4.90 Å². The Hall–Kier alpha value is -1.16. The van der Waals surface area contributed by atoms with Gasteiger partial charge < -0.3 is 15.3 Å². The molecule has 21 heavy (non-hydrogen) atoms. The summed E-state index contributed by atoms with van der Waals surface area (Å²) in [6.45, 7) is 1.27. The molecule has 1 aliphatic heterocycles. The highest BCUT2D eigenvalue weighted by atomic mass is 32.2. The molecule has 0 radical (unpaired) electrons. The molecule has 1 fully saturated rings. The Kier molecular flexibility index (Phi) is 6.14. The Morgan fingerprint density at radius 3 is 2.52 bits per heavy atom. The number of aliphatic carboxylic acids is 1. The van der Waals surface area contributed by atoms with Crippen LogP contribution < -0.4 is 5.32 Å². The lowest BCUT2D eigenvalue weighted by molar-refractivity contribution is -0.138. The number of amides is 2. The molecular formula is C11H20N2O6S2. The van der Waals surface area contributed by atoms with Gasteiger partial charge in [0.25, 0.3) is 0 Å². The van der Waals surface area contributed by atoms with Crippen molar-refractivity contribution < 1.29 is 27.3 Å². The van der Waals surface area contributed by atoms with Crippen molar-refractivity contribution >= 4 is 32.6 Å². The van der Waals surface area contributed by atoms with Gasteiger partial charge in [-0.2, -0.15) is 0 Å². The highest BCUT2D eigenvalue weighted by Crippen LogP contribution is 2.17. The fourth-order valence-electron chi connectivity index (χ4n) is 1.98. The minimum absolute atomic E-state index is 0.0452. The van der Waals surface area contributed by atoms with Crippen molar-refractivity contribution in [2.24, 2.45) is 0 Å². The minimum atomic E-state index is -3.22. The molecule has 122 valence electrons. The summed E-state index contributed by atoms with van der Waals surface area (Å²) in [6.07, 6.45) is 1.74. The average molecular weight is 340 g/mol. The van der Waals surface area contributed by atoms with Gasteiger partial charge in [-0.3, -0.25) is 9.00 Å². The lowest BCUT2D eigenvalue weighted by atomic mass is 10.2. The van der Waals surface area contributed by atoms with Crippen LogP contribution in [0.1, 0.15) is 13.3 Å². The normalized spacial score (nSPS) is 23.2. The molecule has 2 N–H and O–H groups in total. The second-order valence-corrected chi connectivity index (χ2v) is 9.10. The third-order valence-corrected chi connectivity index (χ3v) is 6.37. The molecule has 0 aromatic heterocycles. The first-order valence-corrected chi connectivity index (χ1v) is 9.85. The first kappa shape index (κ1) is 17.9.